The van der Waals surface area contributed by atoms with E-state index < -0.39 is 24.3 Å². The summed E-state index contributed by atoms with van der Waals surface area (Å²) >= 11 is 4.18. The summed E-state index contributed by atoms with van der Waals surface area (Å²) in [6.07, 6.45) is -7.29. The van der Waals surface area contributed by atoms with Gasteiger partial charge in [0.15, 0.2) is 0 Å². The quantitative estimate of drug-likeness (QED) is 0.137. The number of alkyl halides is 6. The third-order valence-electron chi connectivity index (χ3n) is 4.60. The lowest BCUT2D eigenvalue weighted by Crippen LogP contribution is -2.51. The van der Waals surface area contributed by atoms with Crippen LogP contribution in [0.4, 0.5) is 26.3 Å². The molecule has 8 nitrogen and oxygen atoms in total. The highest BCUT2D eigenvalue weighted by molar-refractivity contribution is 7.80. The first-order chi connectivity index (χ1) is 17.0. The molecule has 214 valence electrons. The lowest BCUT2D eigenvalue weighted by molar-refractivity contribution is -0.193. The molecule has 37 heavy (non-hydrogen) atoms. The summed E-state index contributed by atoms with van der Waals surface area (Å²) in [6.45, 7) is 5.49. The molecule has 0 spiro atoms. The fourth-order valence-electron chi connectivity index (χ4n) is 2.39. The van der Waals surface area contributed by atoms with E-state index >= 15 is 0 Å². The van der Waals surface area contributed by atoms with E-state index in [9.17, 15) is 31.1 Å². The van der Waals surface area contributed by atoms with Gasteiger partial charge in [0.2, 0.25) is 5.91 Å². The van der Waals surface area contributed by atoms with Gasteiger partial charge in [-0.2, -0.15) is 39.0 Å². The van der Waals surface area contributed by atoms with Gasteiger partial charge in [-0.3, -0.25) is 4.79 Å². The van der Waals surface area contributed by atoms with Crippen LogP contribution >= 0.6 is 12.6 Å². The van der Waals surface area contributed by atoms with Crippen LogP contribution < -0.4 is 16.4 Å². The van der Waals surface area contributed by atoms with Gasteiger partial charge >= 0.3 is 24.3 Å². The molecule has 0 aliphatic heterocycles. The van der Waals surface area contributed by atoms with Crippen LogP contribution in [-0.2, 0) is 20.8 Å². The Kier molecular flexibility index (Phi) is 18.5. The minimum absolute atomic E-state index is 0.0317. The highest BCUT2D eigenvalue weighted by atomic mass is 32.1. The van der Waals surface area contributed by atoms with Gasteiger partial charge in [0.25, 0.3) is 0 Å². The maximum atomic E-state index is 12.4. The van der Waals surface area contributed by atoms with Crippen LogP contribution in [0.1, 0.15) is 32.3 Å². The number of carbonyl (C=O) groups excluding carboxylic acids is 1. The Balaban J connectivity index is 0. The van der Waals surface area contributed by atoms with Crippen molar-refractivity contribution < 1.29 is 50.9 Å². The summed E-state index contributed by atoms with van der Waals surface area (Å²) in [5.41, 5.74) is 7.18. The van der Waals surface area contributed by atoms with Crippen molar-refractivity contribution in [3.8, 4) is 0 Å². The molecule has 1 aromatic carbocycles. The minimum Gasteiger partial charge on any atom is -0.475 e. The normalized spacial score (nSPS) is 13.6. The molecule has 0 bridgehead atoms. The number of carboxylic acids is 2. The van der Waals surface area contributed by atoms with E-state index in [4.69, 9.17) is 25.5 Å². The van der Waals surface area contributed by atoms with Gasteiger partial charge < -0.3 is 26.6 Å². The zero-order valence-electron chi connectivity index (χ0n) is 20.3. The molecule has 0 radical (unpaired) electrons. The standard InChI is InChI=1S/C18H31N3OS.2C2HF3O2/c1-3-14(2)17(21-12-16(19)13-23)18(22)20-11-7-10-15-8-5-4-6-9-15;2*3-2(4,5)1(6)7/h4-6,8-9,14,16-17,21,23H,3,7,10-13,19H2,1-2H3,(H,20,22);2*(H,6,7)/t14-,16?,17+;;/m0../s1. The Morgan fingerprint density at radius 1 is 1.00 bits per heavy atom. The topological polar surface area (TPSA) is 142 Å². The predicted octanol–water partition coefficient (Wildman–Crippen LogP) is 3.26. The van der Waals surface area contributed by atoms with Crippen molar-refractivity contribution in [2.75, 3.05) is 18.8 Å². The number of hydrogen-bond acceptors (Lipinski definition) is 6. The maximum Gasteiger partial charge on any atom is 0.490 e. The average Bonchev–Trinajstić information content (AvgIpc) is 2.81. The summed E-state index contributed by atoms with van der Waals surface area (Å²) < 4.78 is 63.5. The highest BCUT2D eigenvalue weighted by Crippen LogP contribution is 2.13. The number of aryl methyl sites for hydroxylation is 1. The molecule has 0 aromatic heterocycles. The number of rotatable bonds is 11. The molecule has 0 fully saturated rings. The van der Waals surface area contributed by atoms with Gasteiger partial charge in [0.05, 0.1) is 6.04 Å². The monoisotopic (exact) mass is 565 g/mol. The van der Waals surface area contributed by atoms with Crippen LogP contribution in [0.15, 0.2) is 30.3 Å². The molecule has 6 N–H and O–H groups in total. The molecule has 1 rings (SSSR count). The number of aliphatic carboxylic acids is 2. The molecule has 1 unspecified atom stereocenters. The summed E-state index contributed by atoms with van der Waals surface area (Å²) in [5.74, 6) is -4.56. The fraction of sp³-hybridized carbons (Fsp3) is 0.591. The molecule has 0 saturated heterocycles. The third-order valence-corrected chi connectivity index (χ3v) is 5.07. The number of nitrogens with one attached hydrogen (secondary N) is 2. The number of thiol groups is 1. The van der Waals surface area contributed by atoms with Crippen LogP contribution in [0, 0.1) is 5.92 Å². The van der Waals surface area contributed by atoms with Crippen molar-refractivity contribution in [3.05, 3.63) is 35.9 Å². The third kappa shape index (κ3) is 19.3. The second-order valence-electron chi connectivity index (χ2n) is 7.70. The first kappa shape index (κ1) is 36.6. The lowest BCUT2D eigenvalue weighted by Gasteiger charge is -2.25. The Hall–Kier alpha value is -2.52. The average molecular weight is 566 g/mol. The summed E-state index contributed by atoms with van der Waals surface area (Å²) in [5, 5.41) is 20.6. The highest BCUT2D eigenvalue weighted by Gasteiger charge is 2.38. The Bertz CT molecular complexity index is 773. The van der Waals surface area contributed by atoms with Crippen LogP contribution in [-0.4, -0.2) is 71.3 Å². The van der Waals surface area contributed by atoms with Gasteiger partial charge in [-0.15, -0.1) is 0 Å². The number of nitrogens with two attached hydrogens (primary N) is 1. The van der Waals surface area contributed by atoms with Gasteiger partial charge in [0, 0.05) is 24.9 Å². The maximum absolute atomic E-state index is 12.4. The van der Waals surface area contributed by atoms with Crippen LogP contribution in [0.25, 0.3) is 0 Å². The van der Waals surface area contributed by atoms with Gasteiger partial charge in [-0.05, 0) is 24.3 Å². The van der Waals surface area contributed by atoms with Gasteiger partial charge in [0.1, 0.15) is 0 Å². The summed E-state index contributed by atoms with van der Waals surface area (Å²) in [6, 6.07) is 10.1. The zero-order chi connectivity index (χ0) is 29.2. The number of amides is 1. The number of carbonyl (C=O) groups is 3. The van der Waals surface area contributed by atoms with E-state index in [1.165, 1.54) is 5.56 Å². The van der Waals surface area contributed by atoms with Crippen molar-refractivity contribution in [2.45, 2.75) is 57.5 Å². The van der Waals surface area contributed by atoms with Crippen LogP contribution in [0.3, 0.4) is 0 Å². The molecule has 15 heteroatoms. The molecule has 0 aliphatic rings. The Morgan fingerprint density at radius 2 is 1.46 bits per heavy atom. The number of hydrogen-bond donors (Lipinski definition) is 6. The van der Waals surface area contributed by atoms with E-state index in [1.807, 2.05) is 18.2 Å². The van der Waals surface area contributed by atoms with Gasteiger partial charge in [-0.25, -0.2) is 9.59 Å². The zero-order valence-corrected chi connectivity index (χ0v) is 21.2. The smallest absolute Gasteiger partial charge is 0.475 e. The first-order valence-electron chi connectivity index (χ1n) is 11.0. The van der Waals surface area contributed by atoms with E-state index in [1.54, 1.807) is 0 Å². The minimum atomic E-state index is -5.08. The van der Waals surface area contributed by atoms with Crippen molar-refractivity contribution in [3.63, 3.8) is 0 Å². The van der Waals surface area contributed by atoms with Crippen molar-refractivity contribution >= 4 is 30.5 Å². The summed E-state index contributed by atoms with van der Waals surface area (Å²) in [4.78, 5) is 30.2. The molecule has 1 aromatic rings. The van der Waals surface area contributed by atoms with Gasteiger partial charge in [-0.1, -0.05) is 50.6 Å². The largest absolute Gasteiger partial charge is 0.490 e. The number of carboxylic acid groups (broad SMARTS) is 2. The molecular weight excluding hydrogens is 532 g/mol. The van der Waals surface area contributed by atoms with E-state index in [0.29, 0.717) is 18.8 Å². The van der Waals surface area contributed by atoms with Crippen molar-refractivity contribution in [1.82, 2.24) is 10.6 Å². The van der Waals surface area contributed by atoms with E-state index in [2.05, 4.69) is 49.2 Å². The predicted molar refractivity (Wildman–Crippen MR) is 128 cm³/mol. The van der Waals surface area contributed by atoms with Crippen molar-refractivity contribution in [2.24, 2.45) is 11.7 Å². The molecule has 0 saturated carbocycles. The molecule has 1 amide bonds. The van der Waals surface area contributed by atoms with Crippen LogP contribution in [0.2, 0.25) is 0 Å². The fourth-order valence-corrected chi connectivity index (χ4v) is 2.52. The Labute approximate surface area is 216 Å². The lowest BCUT2D eigenvalue weighted by atomic mass is 9.98. The molecule has 3 atom stereocenters. The van der Waals surface area contributed by atoms with E-state index in [0.717, 1.165) is 19.3 Å². The Morgan fingerprint density at radius 3 is 1.84 bits per heavy atom. The summed E-state index contributed by atoms with van der Waals surface area (Å²) in [7, 11) is 0. The van der Waals surface area contributed by atoms with Crippen LogP contribution in [0.5, 0.6) is 0 Å². The number of halogens is 6. The first-order valence-corrected chi connectivity index (χ1v) is 11.6. The second kappa shape index (κ2) is 18.7. The number of benzene rings is 1. The molecule has 0 aliphatic carbocycles. The van der Waals surface area contributed by atoms with E-state index in [-0.39, 0.29) is 23.9 Å². The molecular formula is C22H33F6N3O5S. The SMILES string of the molecule is CC[C@H](C)[C@@H](NCC(N)CS)C(=O)NCCCc1ccccc1.O=C(O)C(F)(F)F.O=C(O)C(F)(F)F. The van der Waals surface area contributed by atoms with Crippen molar-refractivity contribution in [1.29, 1.82) is 0 Å². The molecule has 0 heterocycles. The second-order valence-corrected chi connectivity index (χ2v) is 8.07.